The minimum Gasteiger partial charge on any atom is -0.308 e. The second kappa shape index (κ2) is 7.99. The van der Waals surface area contributed by atoms with Gasteiger partial charge in [-0.25, -0.2) is 0 Å². The molecule has 1 aliphatic heterocycles. The Kier molecular flexibility index (Phi) is 6.01. The summed E-state index contributed by atoms with van der Waals surface area (Å²) in [6, 6.07) is 6.90. The number of hydrogen-bond acceptors (Lipinski definition) is 5. The number of imide groups is 1. The molecule has 0 saturated carbocycles. The molecule has 0 saturated heterocycles. The first kappa shape index (κ1) is 17.3. The first-order valence-electron chi connectivity index (χ1n) is 7.80. The van der Waals surface area contributed by atoms with Crippen molar-refractivity contribution in [1.29, 1.82) is 0 Å². The quantitative estimate of drug-likeness (QED) is 0.496. The Labute approximate surface area is 136 Å². The summed E-state index contributed by atoms with van der Waals surface area (Å²) in [6.07, 6.45) is 1.55. The van der Waals surface area contributed by atoms with Crippen LogP contribution in [0.5, 0.6) is 0 Å². The van der Waals surface area contributed by atoms with Crippen LogP contribution in [0.4, 0.5) is 0 Å². The maximum absolute atomic E-state index is 12.3. The number of aldehydes is 1. The molecule has 0 radical (unpaired) electrons. The Morgan fingerprint density at radius 2 is 1.61 bits per heavy atom. The molecule has 1 aromatic rings. The zero-order valence-electron chi connectivity index (χ0n) is 13.7. The van der Waals surface area contributed by atoms with Crippen molar-refractivity contribution >= 4 is 18.1 Å². The number of nitrogens with zero attached hydrogens (tertiary/aromatic N) is 3. The van der Waals surface area contributed by atoms with Gasteiger partial charge in [-0.1, -0.05) is 12.1 Å². The van der Waals surface area contributed by atoms with Gasteiger partial charge < -0.3 is 9.69 Å². The zero-order chi connectivity index (χ0) is 16.8. The lowest BCUT2D eigenvalue weighted by atomic mass is 10.1. The van der Waals surface area contributed by atoms with Crippen molar-refractivity contribution in [2.75, 3.05) is 46.8 Å². The van der Waals surface area contributed by atoms with E-state index >= 15 is 0 Å². The molecule has 23 heavy (non-hydrogen) atoms. The molecular formula is C17H23N3O3. The van der Waals surface area contributed by atoms with Crippen LogP contribution in [0, 0.1) is 0 Å². The molecule has 0 fully saturated rings. The van der Waals surface area contributed by atoms with Gasteiger partial charge >= 0.3 is 0 Å². The number of amides is 2. The highest BCUT2D eigenvalue weighted by atomic mass is 16.2. The molecule has 1 aliphatic rings. The summed E-state index contributed by atoms with van der Waals surface area (Å²) in [7, 11) is 3.97. The fourth-order valence-corrected chi connectivity index (χ4v) is 2.64. The number of likely N-dealkylation sites (N-methyl/N-ethyl adjacent to an activating group) is 1. The first-order chi connectivity index (χ1) is 11.0. The Bertz CT molecular complexity index is 551. The monoisotopic (exact) mass is 317 g/mol. The van der Waals surface area contributed by atoms with Crippen LogP contribution >= 0.6 is 0 Å². The maximum atomic E-state index is 12.3. The summed E-state index contributed by atoms with van der Waals surface area (Å²) in [5.41, 5.74) is 0.963. The second-order valence-electron chi connectivity index (χ2n) is 5.93. The molecule has 0 aliphatic carbocycles. The highest BCUT2D eigenvalue weighted by Gasteiger charge is 2.34. The number of fused-ring (bicyclic) bond motifs is 1. The molecule has 124 valence electrons. The number of hydrogen-bond donors (Lipinski definition) is 0. The predicted octanol–water partition coefficient (Wildman–Crippen LogP) is 0.735. The molecule has 2 amide bonds. The first-order valence-corrected chi connectivity index (χ1v) is 7.80. The summed E-state index contributed by atoms with van der Waals surface area (Å²) in [4.78, 5) is 40.7. The van der Waals surface area contributed by atoms with Gasteiger partial charge in [0.2, 0.25) is 0 Å². The molecule has 6 nitrogen and oxygen atoms in total. The van der Waals surface area contributed by atoms with Gasteiger partial charge in [-0.2, -0.15) is 0 Å². The van der Waals surface area contributed by atoms with E-state index in [0.29, 0.717) is 37.2 Å². The van der Waals surface area contributed by atoms with Crippen molar-refractivity contribution < 1.29 is 14.4 Å². The highest BCUT2D eigenvalue weighted by molar-refractivity contribution is 6.21. The SMILES string of the molecule is CN(C)CCN(CC=O)CCCN1C(=O)c2ccccc2C1=O. The molecule has 0 bridgehead atoms. The number of rotatable bonds is 9. The topological polar surface area (TPSA) is 60.9 Å². The van der Waals surface area contributed by atoms with Gasteiger partial charge in [0.15, 0.2) is 0 Å². The van der Waals surface area contributed by atoms with Crippen molar-refractivity contribution in [3.63, 3.8) is 0 Å². The number of carbonyl (C=O) groups excluding carboxylic acids is 3. The van der Waals surface area contributed by atoms with Gasteiger partial charge in [-0.05, 0) is 32.6 Å². The summed E-state index contributed by atoms with van der Waals surface area (Å²) < 4.78 is 0. The van der Waals surface area contributed by atoms with E-state index < -0.39 is 0 Å². The Morgan fingerprint density at radius 1 is 1.00 bits per heavy atom. The Balaban J connectivity index is 1.87. The van der Waals surface area contributed by atoms with Crippen molar-refractivity contribution in [2.45, 2.75) is 6.42 Å². The zero-order valence-corrected chi connectivity index (χ0v) is 13.7. The lowest BCUT2D eigenvalue weighted by Crippen LogP contribution is -2.37. The van der Waals surface area contributed by atoms with Crippen molar-refractivity contribution in [3.8, 4) is 0 Å². The van der Waals surface area contributed by atoms with Gasteiger partial charge in [0.1, 0.15) is 6.29 Å². The van der Waals surface area contributed by atoms with E-state index in [4.69, 9.17) is 0 Å². The van der Waals surface area contributed by atoms with Gasteiger partial charge in [-0.3, -0.25) is 19.4 Å². The van der Waals surface area contributed by atoms with E-state index in [2.05, 4.69) is 4.90 Å². The van der Waals surface area contributed by atoms with Gasteiger partial charge in [0.25, 0.3) is 11.8 Å². The summed E-state index contributed by atoms with van der Waals surface area (Å²) in [5, 5.41) is 0. The maximum Gasteiger partial charge on any atom is 0.261 e. The highest BCUT2D eigenvalue weighted by Crippen LogP contribution is 2.22. The van der Waals surface area contributed by atoms with Crippen LogP contribution in [0.3, 0.4) is 0 Å². The molecule has 0 spiro atoms. The van der Waals surface area contributed by atoms with E-state index in [-0.39, 0.29) is 11.8 Å². The molecule has 1 aromatic carbocycles. The largest absolute Gasteiger partial charge is 0.308 e. The fourth-order valence-electron chi connectivity index (χ4n) is 2.64. The van der Waals surface area contributed by atoms with Crippen molar-refractivity contribution in [3.05, 3.63) is 35.4 Å². The van der Waals surface area contributed by atoms with Crippen molar-refractivity contribution in [1.82, 2.24) is 14.7 Å². The summed E-state index contributed by atoms with van der Waals surface area (Å²) in [6.45, 7) is 3.08. The minimum absolute atomic E-state index is 0.221. The second-order valence-corrected chi connectivity index (χ2v) is 5.93. The van der Waals surface area contributed by atoms with Crippen LogP contribution in [0.25, 0.3) is 0 Å². The van der Waals surface area contributed by atoms with Gasteiger partial charge in [0, 0.05) is 26.2 Å². The Morgan fingerprint density at radius 3 is 2.13 bits per heavy atom. The summed E-state index contributed by atoms with van der Waals surface area (Å²) in [5.74, 6) is -0.443. The third-order valence-corrected chi connectivity index (χ3v) is 3.93. The van der Waals surface area contributed by atoms with Crippen LogP contribution in [-0.4, -0.2) is 79.6 Å². The van der Waals surface area contributed by atoms with E-state index in [0.717, 1.165) is 19.4 Å². The van der Waals surface area contributed by atoms with E-state index in [1.54, 1.807) is 24.3 Å². The molecule has 0 N–H and O–H groups in total. The number of benzene rings is 1. The average Bonchev–Trinajstić information content (AvgIpc) is 2.78. The minimum atomic E-state index is -0.221. The van der Waals surface area contributed by atoms with Crippen LogP contribution < -0.4 is 0 Å². The Hall–Kier alpha value is -2.05. The fraction of sp³-hybridized carbons (Fsp3) is 0.471. The third-order valence-electron chi connectivity index (χ3n) is 3.93. The summed E-state index contributed by atoms with van der Waals surface area (Å²) >= 11 is 0. The van der Waals surface area contributed by atoms with Crippen LogP contribution in [0.2, 0.25) is 0 Å². The lowest BCUT2D eigenvalue weighted by Gasteiger charge is -2.23. The predicted molar refractivity (Wildman–Crippen MR) is 87.5 cm³/mol. The molecule has 0 unspecified atom stereocenters. The molecule has 0 aromatic heterocycles. The van der Waals surface area contributed by atoms with Crippen molar-refractivity contribution in [2.24, 2.45) is 0 Å². The standard InChI is InChI=1S/C17H23N3O3/c1-18(2)10-11-19(12-13-21)8-5-9-20-16(22)14-6-3-4-7-15(14)17(20)23/h3-4,6-7,13H,5,8-12H2,1-2H3. The number of carbonyl (C=O) groups is 3. The third kappa shape index (κ3) is 4.24. The smallest absolute Gasteiger partial charge is 0.261 e. The van der Waals surface area contributed by atoms with Crippen LogP contribution in [0.15, 0.2) is 24.3 Å². The molecular weight excluding hydrogens is 294 g/mol. The van der Waals surface area contributed by atoms with Crippen LogP contribution in [-0.2, 0) is 4.79 Å². The van der Waals surface area contributed by atoms with E-state index in [1.165, 1.54) is 4.90 Å². The molecule has 0 atom stereocenters. The van der Waals surface area contributed by atoms with Crippen LogP contribution in [0.1, 0.15) is 27.1 Å². The van der Waals surface area contributed by atoms with E-state index in [1.807, 2.05) is 19.0 Å². The molecule has 1 heterocycles. The van der Waals surface area contributed by atoms with Gasteiger partial charge in [-0.15, -0.1) is 0 Å². The lowest BCUT2D eigenvalue weighted by molar-refractivity contribution is -0.108. The van der Waals surface area contributed by atoms with E-state index in [9.17, 15) is 14.4 Å². The van der Waals surface area contributed by atoms with Gasteiger partial charge in [0.05, 0.1) is 17.7 Å². The molecule has 6 heteroatoms. The molecule has 2 rings (SSSR count). The average molecular weight is 317 g/mol. The normalized spacial score (nSPS) is 14.0.